The molecule has 11 heavy (non-hydrogen) atoms. The van der Waals surface area contributed by atoms with Crippen LogP contribution in [-0.2, 0) is 9.53 Å². The van der Waals surface area contributed by atoms with Crippen molar-refractivity contribution in [3.05, 3.63) is 11.3 Å². The zero-order chi connectivity index (χ0) is 8.85. The van der Waals surface area contributed by atoms with E-state index in [-0.39, 0.29) is 5.97 Å². The van der Waals surface area contributed by atoms with E-state index in [9.17, 15) is 4.79 Å². The average molecular weight is 157 g/mol. The third-order valence-electron chi connectivity index (χ3n) is 1.49. The molecule has 0 aromatic heterocycles. The van der Waals surface area contributed by atoms with Gasteiger partial charge in [-0.15, -0.1) is 0 Å². The fraction of sp³-hybridized carbons (Fsp3) is 0.625. The molecule has 0 aliphatic heterocycles. The fourth-order valence-corrected chi connectivity index (χ4v) is 0.741. The van der Waals surface area contributed by atoms with Crippen molar-refractivity contribution in [3.63, 3.8) is 0 Å². The largest absolute Gasteiger partial charge is 0.466 e. The molecule has 0 amide bonds. The summed E-state index contributed by atoms with van der Waals surface area (Å²) < 4.78 is 4.50. The molecule has 0 aliphatic rings. The molecule has 0 atom stereocenters. The van der Waals surface area contributed by atoms with Gasteiger partial charge in [0.05, 0.1) is 12.7 Å². The Bertz CT molecular complexity index is 173. The first-order valence-corrected chi connectivity index (χ1v) is 3.67. The lowest BCUT2D eigenvalue weighted by molar-refractivity contribution is -0.136. The van der Waals surface area contributed by atoms with Crippen LogP contribution in [0.25, 0.3) is 0 Å². The number of nitrogens with two attached hydrogens (primary N) is 1. The van der Waals surface area contributed by atoms with E-state index in [4.69, 9.17) is 5.73 Å². The molecule has 0 aromatic rings. The second-order valence-corrected chi connectivity index (χ2v) is 2.39. The highest BCUT2D eigenvalue weighted by molar-refractivity contribution is 5.88. The highest BCUT2D eigenvalue weighted by Gasteiger charge is 2.06. The molecular weight excluding hydrogens is 142 g/mol. The molecule has 0 heterocycles. The second kappa shape index (κ2) is 4.77. The van der Waals surface area contributed by atoms with Crippen molar-refractivity contribution < 1.29 is 9.53 Å². The fourth-order valence-electron chi connectivity index (χ4n) is 0.741. The van der Waals surface area contributed by atoms with Crippen LogP contribution in [0.2, 0.25) is 0 Å². The number of carbonyl (C=O) groups excluding carboxylic acids is 1. The maximum Gasteiger partial charge on any atom is 0.335 e. The van der Waals surface area contributed by atoms with E-state index in [1.807, 2.05) is 6.92 Å². The summed E-state index contributed by atoms with van der Waals surface area (Å²) in [6.45, 7) is 3.69. The maximum atomic E-state index is 10.9. The van der Waals surface area contributed by atoms with E-state index in [2.05, 4.69) is 4.74 Å². The zero-order valence-corrected chi connectivity index (χ0v) is 7.31. The first kappa shape index (κ1) is 10.0. The van der Waals surface area contributed by atoms with Crippen LogP contribution in [0.15, 0.2) is 11.3 Å². The van der Waals surface area contributed by atoms with Crippen LogP contribution in [0.3, 0.4) is 0 Å². The molecule has 0 spiro atoms. The van der Waals surface area contributed by atoms with Crippen molar-refractivity contribution in [3.8, 4) is 0 Å². The molecule has 0 fully saturated rings. The Balaban J connectivity index is 4.26. The summed E-state index contributed by atoms with van der Waals surface area (Å²) in [6.07, 6.45) is 1.70. The highest BCUT2D eigenvalue weighted by atomic mass is 16.5. The molecule has 2 N–H and O–H groups in total. The molecular formula is C8H15NO2. The smallest absolute Gasteiger partial charge is 0.335 e. The molecule has 0 saturated carbocycles. The van der Waals surface area contributed by atoms with Gasteiger partial charge < -0.3 is 10.5 Å². The van der Waals surface area contributed by atoms with Gasteiger partial charge in [-0.3, -0.25) is 0 Å². The number of rotatable bonds is 3. The van der Waals surface area contributed by atoms with Gasteiger partial charge >= 0.3 is 5.97 Å². The Labute approximate surface area is 67.2 Å². The van der Waals surface area contributed by atoms with Crippen LogP contribution in [0.4, 0.5) is 0 Å². The Hall–Kier alpha value is -0.990. The normalized spacial score (nSPS) is 12.3. The minimum absolute atomic E-state index is 0.337. The molecule has 64 valence electrons. The van der Waals surface area contributed by atoms with E-state index in [1.165, 1.54) is 7.11 Å². The number of esters is 1. The van der Waals surface area contributed by atoms with Gasteiger partial charge in [-0.1, -0.05) is 13.3 Å². The molecule has 0 saturated heterocycles. The van der Waals surface area contributed by atoms with Crippen molar-refractivity contribution in [1.82, 2.24) is 0 Å². The summed E-state index contributed by atoms with van der Waals surface area (Å²) in [6, 6.07) is 0. The van der Waals surface area contributed by atoms with Crippen LogP contribution >= 0.6 is 0 Å². The molecule has 3 nitrogen and oxygen atoms in total. The first-order chi connectivity index (χ1) is 5.13. The van der Waals surface area contributed by atoms with Gasteiger partial charge in [0, 0.05) is 5.70 Å². The Morgan fingerprint density at radius 1 is 1.55 bits per heavy atom. The SMILES string of the molecule is CCCC(N)=C(C)C(=O)OC. The van der Waals surface area contributed by atoms with E-state index in [1.54, 1.807) is 6.92 Å². The number of allylic oxidation sites excluding steroid dienone is 1. The van der Waals surface area contributed by atoms with E-state index < -0.39 is 0 Å². The van der Waals surface area contributed by atoms with Crippen LogP contribution in [0.5, 0.6) is 0 Å². The number of ether oxygens (including phenoxy) is 1. The van der Waals surface area contributed by atoms with Gasteiger partial charge in [0.25, 0.3) is 0 Å². The number of hydrogen-bond acceptors (Lipinski definition) is 3. The van der Waals surface area contributed by atoms with Gasteiger partial charge in [0.1, 0.15) is 0 Å². The standard InChI is InChI=1S/C8H15NO2/c1-4-5-7(9)6(2)8(10)11-3/h4-5,9H2,1-3H3. The first-order valence-electron chi connectivity index (χ1n) is 3.67. The van der Waals surface area contributed by atoms with Crippen LogP contribution in [0, 0.1) is 0 Å². The van der Waals surface area contributed by atoms with Gasteiger partial charge in [-0.05, 0) is 13.3 Å². The molecule has 0 bridgehead atoms. The number of methoxy groups -OCH3 is 1. The summed E-state index contributed by atoms with van der Waals surface area (Å²) in [5.74, 6) is -0.337. The maximum absolute atomic E-state index is 10.9. The molecule has 0 radical (unpaired) electrons. The Morgan fingerprint density at radius 3 is 2.45 bits per heavy atom. The van der Waals surface area contributed by atoms with Crippen molar-refractivity contribution >= 4 is 5.97 Å². The topological polar surface area (TPSA) is 52.3 Å². The van der Waals surface area contributed by atoms with E-state index in [0.717, 1.165) is 12.8 Å². The summed E-state index contributed by atoms with van der Waals surface area (Å²) in [4.78, 5) is 10.9. The summed E-state index contributed by atoms with van der Waals surface area (Å²) in [7, 11) is 1.35. The highest BCUT2D eigenvalue weighted by Crippen LogP contribution is 2.05. The zero-order valence-electron chi connectivity index (χ0n) is 7.31. The molecule has 0 aliphatic carbocycles. The molecule has 0 rings (SSSR count). The van der Waals surface area contributed by atoms with Crippen LogP contribution in [-0.4, -0.2) is 13.1 Å². The lowest BCUT2D eigenvalue weighted by atomic mass is 10.1. The van der Waals surface area contributed by atoms with Crippen LogP contribution < -0.4 is 5.73 Å². The van der Waals surface area contributed by atoms with Crippen molar-refractivity contribution in [2.45, 2.75) is 26.7 Å². The third-order valence-corrected chi connectivity index (χ3v) is 1.49. The predicted molar refractivity (Wildman–Crippen MR) is 43.8 cm³/mol. The van der Waals surface area contributed by atoms with E-state index in [0.29, 0.717) is 11.3 Å². The number of hydrogen-bond donors (Lipinski definition) is 1. The predicted octanol–water partition coefficient (Wildman–Crippen LogP) is 1.19. The minimum atomic E-state index is -0.337. The van der Waals surface area contributed by atoms with E-state index >= 15 is 0 Å². The van der Waals surface area contributed by atoms with Gasteiger partial charge in [0.15, 0.2) is 0 Å². The molecule has 3 heteroatoms. The lowest BCUT2D eigenvalue weighted by Crippen LogP contribution is -2.10. The average Bonchev–Trinajstić information content (AvgIpc) is 2.02. The summed E-state index contributed by atoms with van der Waals surface area (Å²) in [5, 5.41) is 0. The lowest BCUT2D eigenvalue weighted by Gasteiger charge is -2.03. The summed E-state index contributed by atoms with van der Waals surface area (Å²) in [5.41, 5.74) is 6.73. The van der Waals surface area contributed by atoms with Gasteiger partial charge in [-0.25, -0.2) is 4.79 Å². The van der Waals surface area contributed by atoms with Crippen molar-refractivity contribution in [2.75, 3.05) is 7.11 Å². The van der Waals surface area contributed by atoms with Gasteiger partial charge in [-0.2, -0.15) is 0 Å². The van der Waals surface area contributed by atoms with Gasteiger partial charge in [0.2, 0.25) is 0 Å². The quantitative estimate of drug-likeness (QED) is 0.494. The minimum Gasteiger partial charge on any atom is -0.466 e. The number of carbonyl (C=O) groups is 1. The van der Waals surface area contributed by atoms with Crippen LogP contribution in [0.1, 0.15) is 26.7 Å². The Morgan fingerprint density at radius 2 is 2.09 bits per heavy atom. The van der Waals surface area contributed by atoms with Crippen molar-refractivity contribution in [2.24, 2.45) is 5.73 Å². The monoisotopic (exact) mass is 157 g/mol. The second-order valence-electron chi connectivity index (χ2n) is 2.39. The molecule has 0 aromatic carbocycles. The third kappa shape index (κ3) is 3.07. The Kier molecular flexibility index (Phi) is 4.34. The molecule has 0 unspecified atom stereocenters. The summed E-state index contributed by atoms with van der Waals surface area (Å²) >= 11 is 0. The van der Waals surface area contributed by atoms with Crippen molar-refractivity contribution in [1.29, 1.82) is 0 Å².